The lowest BCUT2D eigenvalue weighted by Crippen LogP contribution is -2.30. The highest BCUT2D eigenvalue weighted by atomic mass is 16.6. The van der Waals surface area contributed by atoms with Gasteiger partial charge in [0.15, 0.2) is 6.10 Å². The van der Waals surface area contributed by atoms with Gasteiger partial charge in [-0.25, -0.2) is 0 Å². The molecular formula is C77H120O6. The minimum Gasteiger partial charge on any atom is -0.462 e. The zero-order valence-corrected chi connectivity index (χ0v) is 53.1. The van der Waals surface area contributed by atoms with Gasteiger partial charge >= 0.3 is 17.9 Å². The van der Waals surface area contributed by atoms with E-state index >= 15 is 0 Å². The topological polar surface area (TPSA) is 78.9 Å². The average Bonchev–Trinajstić information content (AvgIpc) is 3.49. The number of hydrogen-bond donors (Lipinski definition) is 0. The van der Waals surface area contributed by atoms with Gasteiger partial charge < -0.3 is 14.2 Å². The summed E-state index contributed by atoms with van der Waals surface area (Å²) in [5.74, 6) is -1.03. The van der Waals surface area contributed by atoms with E-state index in [1.807, 2.05) is 12.2 Å². The van der Waals surface area contributed by atoms with Gasteiger partial charge in [0, 0.05) is 19.3 Å². The fourth-order valence-corrected chi connectivity index (χ4v) is 8.48. The molecule has 1 unspecified atom stereocenters. The molecule has 6 nitrogen and oxygen atoms in total. The summed E-state index contributed by atoms with van der Waals surface area (Å²) in [6.07, 6.45) is 103. The fraction of sp³-hybridized carbons (Fsp3) is 0.571. The number of ether oxygens (including phenoxy) is 3. The van der Waals surface area contributed by atoms with Gasteiger partial charge in [-0.05, 0) is 148 Å². The van der Waals surface area contributed by atoms with Crippen LogP contribution < -0.4 is 0 Å². The maximum atomic E-state index is 12.9. The zero-order chi connectivity index (χ0) is 59.9. The van der Waals surface area contributed by atoms with E-state index in [4.69, 9.17) is 14.2 Å². The van der Waals surface area contributed by atoms with E-state index in [0.29, 0.717) is 19.3 Å². The third-order valence-corrected chi connectivity index (χ3v) is 13.4. The summed E-state index contributed by atoms with van der Waals surface area (Å²) in [7, 11) is 0. The third kappa shape index (κ3) is 67.2. The van der Waals surface area contributed by atoms with Crippen LogP contribution in [-0.4, -0.2) is 37.2 Å². The molecule has 83 heavy (non-hydrogen) atoms. The second-order valence-electron chi connectivity index (χ2n) is 21.3. The quantitative estimate of drug-likeness (QED) is 0.0261. The molecule has 0 aromatic heterocycles. The van der Waals surface area contributed by atoms with Crippen LogP contribution in [0.5, 0.6) is 0 Å². The molecule has 0 saturated heterocycles. The molecule has 0 amide bonds. The van der Waals surface area contributed by atoms with E-state index in [0.717, 1.165) is 148 Å². The van der Waals surface area contributed by atoms with Gasteiger partial charge in [-0.2, -0.15) is 0 Å². The van der Waals surface area contributed by atoms with Gasteiger partial charge in [0.25, 0.3) is 0 Å². The van der Waals surface area contributed by atoms with Crippen LogP contribution in [0.25, 0.3) is 0 Å². The van der Waals surface area contributed by atoms with Crippen molar-refractivity contribution in [2.24, 2.45) is 0 Å². The van der Waals surface area contributed by atoms with Gasteiger partial charge in [0.2, 0.25) is 0 Å². The van der Waals surface area contributed by atoms with Crippen molar-refractivity contribution in [3.63, 3.8) is 0 Å². The summed E-state index contributed by atoms with van der Waals surface area (Å²) >= 11 is 0. The Bertz CT molecular complexity index is 1940. The predicted octanol–water partition coefficient (Wildman–Crippen LogP) is 23.2. The molecule has 0 N–H and O–H groups in total. The Kier molecular flexibility index (Phi) is 64.4. The van der Waals surface area contributed by atoms with Crippen LogP contribution in [0.15, 0.2) is 182 Å². The van der Waals surface area contributed by atoms with Crippen molar-refractivity contribution in [2.45, 2.75) is 271 Å². The van der Waals surface area contributed by atoms with Gasteiger partial charge in [0.05, 0.1) is 0 Å². The smallest absolute Gasteiger partial charge is 0.306 e. The maximum absolute atomic E-state index is 12.9. The van der Waals surface area contributed by atoms with Crippen LogP contribution >= 0.6 is 0 Å². The number of unbranched alkanes of at least 4 members (excludes halogenated alkanes) is 17. The van der Waals surface area contributed by atoms with Crippen molar-refractivity contribution in [1.82, 2.24) is 0 Å². The second-order valence-corrected chi connectivity index (χ2v) is 21.3. The SMILES string of the molecule is CC/C=C\C/C=C\C/C=C\C/C=C\C/C=C\C/C=C\C/C=C\C/C=C\CCCCCCCCCCC(=O)OCC(COC(=O)CCCCCCC/C=C\CCCCCC)OC(=O)CC/C=C\C/C=C\C/C=C\C/C=C\C/C=C\C/C=C\CC. The van der Waals surface area contributed by atoms with Crippen molar-refractivity contribution >= 4 is 17.9 Å². The average molecular weight is 1140 g/mol. The van der Waals surface area contributed by atoms with Crippen molar-refractivity contribution in [3.8, 4) is 0 Å². The van der Waals surface area contributed by atoms with Crippen molar-refractivity contribution in [2.75, 3.05) is 13.2 Å². The van der Waals surface area contributed by atoms with Crippen LogP contribution in [0.4, 0.5) is 0 Å². The first-order chi connectivity index (χ1) is 41.0. The van der Waals surface area contributed by atoms with Gasteiger partial charge in [-0.3, -0.25) is 14.4 Å². The minimum absolute atomic E-state index is 0.123. The highest BCUT2D eigenvalue weighted by molar-refractivity contribution is 5.71. The van der Waals surface area contributed by atoms with E-state index in [2.05, 4.69) is 191 Å². The molecule has 0 aromatic rings. The molecule has 6 heteroatoms. The van der Waals surface area contributed by atoms with Crippen molar-refractivity contribution < 1.29 is 28.6 Å². The highest BCUT2D eigenvalue weighted by Crippen LogP contribution is 2.14. The zero-order valence-electron chi connectivity index (χ0n) is 53.1. The lowest BCUT2D eigenvalue weighted by atomic mass is 10.1. The number of esters is 3. The number of allylic oxidation sites excluding steroid dienone is 30. The normalized spacial score (nSPS) is 13.3. The molecule has 464 valence electrons. The molecule has 0 rings (SSSR count). The summed E-state index contributed by atoms with van der Waals surface area (Å²) in [5.41, 5.74) is 0. The van der Waals surface area contributed by atoms with Gasteiger partial charge in [0.1, 0.15) is 13.2 Å². The molecule has 1 atom stereocenters. The van der Waals surface area contributed by atoms with Gasteiger partial charge in [-0.15, -0.1) is 0 Å². The molecular weight excluding hydrogens is 1020 g/mol. The maximum Gasteiger partial charge on any atom is 0.306 e. The summed E-state index contributed by atoms with van der Waals surface area (Å²) < 4.78 is 16.8. The molecule has 0 fully saturated rings. The molecule has 0 heterocycles. The summed E-state index contributed by atoms with van der Waals surface area (Å²) in [5, 5.41) is 0. The van der Waals surface area contributed by atoms with E-state index in [9.17, 15) is 14.4 Å². The Morgan fingerprint density at radius 1 is 0.253 bits per heavy atom. The fourth-order valence-electron chi connectivity index (χ4n) is 8.48. The lowest BCUT2D eigenvalue weighted by molar-refractivity contribution is -0.166. The summed E-state index contributed by atoms with van der Waals surface area (Å²) in [6, 6.07) is 0. The number of carbonyl (C=O) groups excluding carboxylic acids is 3. The molecule has 0 aromatic carbocycles. The molecule has 0 aliphatic rings. The number of carbonyl (C=O) groups is 3. The van der Waals surface area contributed by atoms with Gasteiger partial charge in [-0.1, -0.05) is 280 Å². The summed E-state index contributed by atoms with van der Waals surface area (Å²) in [6.45, 7) is 6.31. The largest absolute Gasteiger partial charge is 0.462 e. The Morgan fingerprint density at radius 2 is 0.494 bits per heavy atom. The summed E-state index contributed by atoms with van der Waals surface area (Å²) in [4.78, 5) is 38.3. The second kappa shape index (κ2) is 69.0. The molecule has 0 radical (unpaired) electrons. The predicted molar refractivity (Wildman–Crippen MR) is 361 cm³/mol. The first-order valence-corrected chi connectivity index (χ1v) is 33.3. The monoisotopic (exact) mass is 1140 g/mol. The number of rotatable bonds is 58. The molecule has 0 bridgehead atoms. The van der Waals surface area contributed by atoms with Crippen LogP contribution in [0.3, 0.4) is 0 Å². The first kappa shape index (κ1) is 77.5. The highest BCUT2D eigenvalue weighted by Gasteiger charge is 2.19. The van der Waals surface area contributed by atoms with E-state index < -0.39 is 12.1 Å². The van der Waals surface area contributed by atoms with Crippen LogP contribution in [0, 0.1) is 0 Å². The minimum atomic E-state index is -0.836. The van der Waals surface area contributed by atoms with Crippen molar-refractivity contribution in [1.29, 1.82) is 0 Å². The Hall–Kier alpha value is -5.49. The van der Waals surface area contributed by atoms with E-state index in [1.54, 1.807) is 0 Å². The van der Waals surface area contributed by atoms with Crippen molar-refractivity contribution in [3.05, 3.63) is 182 Å². The van der Waals surface area contributed by atoms with Crippen LogP contribution in [0.2, 0.25) is 0 Å². The lowest BCUT2D eigenvalue weighted by Gasteiger charge is -2.18. The first-order valence-electron chi connectivity index (χ1n) is 33.3. The molecule has 0 spiro atoms. The number of hydrogen-bond acceptors (Lipinski definition) is 6. The molecule has 0 aliphatic heterocycles. The standard InChI is InChI=1S/C77H120O6/c1-4-7-10-13-16-19-22-25-27-29-31-32-33-34-35-36-37-38-39-40-41-42-43-44-46-47-49-52-55-58-61-64-67-70-76(79)82-73-74(72-81-75(78)69-66-63-60-57-54-51-24-21-18-15-12-9-6-3)83-77(80)71-68-65-62-59-56-53-50-48-45-30-28-26-23-20-17-14-11-8-5-2/h7-8,10-11,16-17,19-21,24-28,31-32,34-35,37-38,40-41,43-45,48,53,56,62,65,74H,4-6,9,12-15,18,22-23,29-30,33,36,39,42,46-47,49-52,54-55,57-61,63-64,66-73H2,1-3H3/b10-7-,11-8-,19-16-,20-17-,24-21-,27-25-,28-26-,32-31-,35-34-,38-37-,41-40-,44-43-,48-45-,56-53-,65-62-. The van der Waals surface area contributed by atoms with Crippen LogP contribution in [-0.2, 0) is 28.6 Å². The molecule has 0 saturated carbocycles. The molecule has 0 aliphatic carbocycles. The Balaban J connectivity index is 4.40. The Labute approximate surface area is 510 Å². The Morgan fingerprint density at radius 3 is 0.795 bits per heavy atom. The van der Waals surface area contributed by atoms with E-state index in [-0.39, 0.29) is 31.6 Å². The van der Waals surface area contributed by atoms with Crippen LogP contribution in [0.1, 0.15) is 265 Å². The van der Waals surface area contributed by atoms with E-state index in [1.165, 1.54) is 70.6 Å². The third-order valence-electron chi connectivity index (χ3n) is 13.4.